The van der Waals surface area contributed by atoms with Gasteiger partial charge in [0.25, 0.3) is 5.91 Å². The molecule has 9 nitrogen and oxygen atoms in total. The van der Waals surface area contributed by atoms with Gasteiger partial charge in [0.05, 0.1) is 31.6 Å². The fraction of sp³-hybridized carbons (Fsp3) is 0.407. The largest absolute Gasteiger partial charge is 0.378 e. The molecular weight excluding hydrogens is 460 g/mol. The average molecular weight is 489 g/mol. The highest BCUT2D eigenvalue weighted by atomic mass is 16.5. The predicted molar refractivity (Wildman–Crippen MR) is 129 cm³/mol. The molecule has 0 saturated carbocycles. The van der Waals surface area contributed by atoms with Gasteiger partial charge in [-0.05, 0) is 18.6 Å². The number of nitrogens with zero attached hydrogens (tertiary/aromatic N) is 3. The number of hydrogen-bond donors (Lipinski definition) is 1. The fourth-order valence-corrected chi connectivity index (χ4v) is 6.30. The number of ether oxygens (including phenoxy) is 1. The van der Waals surface area contributed by atoms with Crippen LogP contribution in [0.5, 0.6) is 0 Å². The van der Waals surface area contributed by atoms with Gasteiger partial charge < -0.3 is 14.5 Å². The number of para-hydroxylation sites is 1. The van der Waals surface area contributed by atoms with Crippen LogP contribution in [-0.2, 0) is 36.0 Å². The van der Waals surface area contributed by atoms with Crippen LogP contribution in [-0.4, -0.2) is 72.3 Å². The highest BCUT2D eigenvalue weighted by Crippen LogP contribution is 2.54. The number of nitrogens with one attached hydrogen (secondary N) is 1. The Labute approximate surface area is 209 Å². The Morgan fingerprint density at radius 2 is 1.67 bits per heavy atom. The Balaban J connectivity index is 1.36. The summed E-state index contributed by atoms with van der Waals surface area (Å²) >= 11 is 0. The first-order chi connectivity index (χ1) is 17.4. The molecule has 0 aromatic heterocycles. The van der Waals surface area contributed by atoms with Gasteiger partial charge in [-0.15, -0.1) is 0 Å². The van der Waals surface area contributed by atoms with Crippen molar-refractivity contribution < 1.29 is 23.9 Å². The van der Waals surface area contributed by atoms with E-state index < -0.39 is 17.4 Å². The van der Waals surface area contributed by atoms with Crippen LogP contribution < -0.4 is 10.2 Å². The SMILES string of the molecule is C[C@@H]1N[C@]2(C(=O)N(CC(=O)N3CCOCC3)c3ccccc32)[C@@H]2C(=O)N(Cc3ccccc3)C(=O)[C@H]12. The number of hydrogen-bond acceptors (Lipinski definition) is 6. The molecule has 2 aromatic rings. The van der Waals surface area contributed by atoms with Gasteiger partial charge in [-0.3, -0.25) is 29.4 Å². The third-order valence-corrected chi connectivity index (χ3v) is 7.95. The van der Waals surface area contributed by atoms with Gasteiger partial charge in [-0.25, -0.2) is 0 Å². The number of benzene rings is 2. The van der Waals surface area contributed by atoms with Crippen LogP contribution in [0.15, 0.2) is 54.6 Å². The van der Waals surface area contributed by atoms with Crippen molar-refractivity contribution in [2.45, 2.75) is 25.0 Å². The van der Waals surface area contributed by atoms with E-state index in [1.165, 1.54) is 9.80 Å². The molecule has 1 N–H and O–H groups in total. The molecule has 0 aliphatic carbocycles. The molecular formula is C27H28N4O5. The molecule has 4 atom stereocenters. The normalized spacial score (nSPS) is 29.3. The van der Waals surface area contributed by atoms with Gasteiger partial charge >= 0.3 is 0 Å². The van der Waals surface area contributed by atoms with Gasteiger partial charge in [-0.1, -0.05) is 48.5 Å². The van der Waals surface area contributed by atoms with Gasteiger partial charge in [0.2, 0.25) is 17.7 Å². The number of anilines is 1. The predicted octanol–water partition coefficient (Wildman–Crippen LogP) is 0.880. The molecule has 4 heterocycles. The Kier molecular flexibility index (Phi) is 5.42. The summed E-state index contributed by atoms with van der Waals surface area (Å²) in [7, 11) is 0. The Morgan fingerprint density at radius 3 is 2.42 bits per heavy atom. The van der Waals surface area contributed by atoms with Crippen LogP contribution in [0.3, 0.4) is 0 Å². The summed E-state index contributed by atoms with van der Waals surface area (Å²) in [6.45, 7) is 3.79. The van der Waals surface area contributed by atoms with Crippen molar-refractivity contribution in [2.24, 2.45) is 11.8 Å². The van der Waals surface area contributed by atoms with E-state index >= 15 is 0 Å². The summed E-state index contributed by atoms with van der Waals surface area (Å²) in [5, 5.41) is 3.36. The second kappa shape index (κ2) is 8.53. The van der Waals surface area contributed by atoms with Gasteiger partial charge in [0.1, 0.15) is 12.1 Å². The van der Waals surface area contributed by atoms with E-state index in [9.17, 15) is 19.2 Å². The Hall–Kier alpha value is -3.56. The van der Waals surface area contributed by atoms with E-state index in [-0.39, 0.29) is 42.8 Å². The Bertz CT molecular complexity index is 1240. The summed E-state index contributed by atoms with van der Waals surface area (Å²) in [4.78, 5) is 59.1. The maximum atomic E-state index is 14.2. The number of morpholine rings is 1. The van der Waals surface area contributed by atoms with E-state index in [2.05, 4.69) is 5.32 Å². The van der Waals surface area contributed by atoms with E-state index in [0.29, 0.717) is 37.6 Å². The molecule has 4 aliphatic heterocycles. The number of amides is 4. The van der Waals surface area contributed by atoms with Gasteiger partial charge in [0.15, 0.2) is 0 Å². The lowest BCUT2D eigenvalue weighted by Gasteiger charge is -2.31. The minimum absolute atomic E-state index is 0.124. The van der Waals surface area contributed by atoms with Crippen LogP contribution in [0.1, 0.15) is 18.1 Å². The fourth-order valence-electron chi connectivity index (χ4n) is 6.30. The van der Waals surface area contributed by atoms with Crippen LogP contribution in [0.2, 0.25) is 0 Å². The second-order valence-corrected chi connectivity index (χ2v) is 9.89. The van der Waals surface area contributed by atoms with Crippen LogP contribution in [0.4, 0.5) is 5.69 Å². The minimum atomic E-state index is -1.38. The van der Waals surface area contributed by atoms with Crippen molar-refractivity contribution in [3.8, 4) is 0 Å². The first-order valence-electron chi connectivity index (χ1n) is 12.4. The van der Waals surface area contributed by atoms with Crippen LogP contribution in [0.25, 0.3) is 0 Å². The number of likely N-dealkylation sites (tertiary alicyclic amines) is 1. The summed E-state index contributed by atoms with van der Waals surface area (Å²) in [6, 6.07) is 16.2. The van der Waals surface area contributed by atoms with Crippen molar-refractivity contribution in [3.05, 3.63) is 65.7 Å². The molecule has 36 heavy (non-hydrogen) atoms. The molecule has 3 saturated heterocycles. The lowest BCUT2D eigenvalue weighted by molar-refractivity contribution is -0.143. The number of fused-ring (bicyclic) bond motifs is 4. The van der Waals surface area contributed by atoms with Crippen molar-refractivity contribution >= 4 is 29.3 Å². The maximum Gasteiger partial charge on any atom is 0.253 e. The summed E-state index contributed by atoms with van der Waals surface area (Å²) in [6.07, 6.45) is 0. The zero-order chi connectivity index (χ0) is 25.0. The van der Waals surface area contributed by atoms with Crippen molar-refractivity contribution in [3.63, 3.8) is 0 Å². The van der Waals surface area contributed by atoms with Crippen molar-refractivity contribution in [1.29, 1.82) is 0 Å². The van der Waals surface area contributed by atoms with E-state index in [0.717, 1.165) is 5.56 Å². The van der Waals surface area contributed by atoms with E-state index in [1.54, 1.807) is 11.0 Å². The molecule has 0 radical (unpaired) electrons. The first kappa shape index (κ1) is 22.9. The quantitative estimate of drug-likeness (QED) is 0.642. The highest BCUT2D eigenvalue weighted by molar-refractivity contribution is 6.17. The molecule has 9 heteroatoms. The minimum Gasteiger partial charge on any atom is -0.378 e. The standard InChI is InChI=1S/C27H28N4O5/c1-17-22-23(25(34)31(24(22)33)15-18-7-3-2-4-8-18)27(28-17)19-9-5-6-10-20(19)30(26(27)35)16-21(32)29-11-13-36-14-12-29/h2-10,17,22-23,28H,11-16H2,1H3/t17-,22+,23-,27-/m0/s1. The molecule has 4 amide bonds. The lowest BCUT2D eigenvalue weighted by Crippen LogP contribution is -2.56. The molecule has 3 fully saturated rings. The number of imide groups is 1. The monoisotopic (exact) mass is 488 g/mol. The molecule has 6 rings (SSSR count). The lowest BCUT2D eigenvalue weighted by atomic mass is 9.76. The van der Waals surface area contributed by atoms with Crippen molar-refractivity contribution in [1.82, 2.24) is 15.1 Å². The number of rotatable bonds is 4. The van der Waals surface area contributed by atoms with Crippen molar-refractivity contribution in [2.75, 3.05) is 37.7 Å². The molecule has 0 bridgehead atoms. The molecule has 1 spiro atoms. The summed E-state index contributed by atoms with van der Waals surface area (Å²) < 4.78 is 5.35. The number of carbonyl (C=O) groups excluding carboxylic acids is 4. The first-order valence-corrected chi connectivity index (χ1v) is 12.4. The zero-order valence-electron chi connectivity index (χ0n) is 20.1. The van der Waals surface area contributed by atoms with Gasteiger partial charge in [0, 0.05) is 30.4 Å². The van der Waals surface area contributed by atoms with Crippen LogP contribution in [0, 0.1) is 11.8 Å². The molecule has 0 unspecified atom stereocenters. The highest BCUT2D eigenvalue weighted by Gasteiger charge is 2.70. The molecule has 2 aromatic carbocycles. The summed E-state index contributed by atoms with van der Waals surface area (Å²) in [5.41, 5.74) is 0.715. The summed E-state index contributed by atoms with van der Waals surface area (Å²) in [5.74, 6) is -2.67. The third kappa shape index (κ3) is 3.23. The third-order valence-electron chi connectivity index (χ3n) is 7.95. The zero-order valence-corrected chi connectivity index (χ0v) is 20.1. The molecule has 186 valence electrons. The second-order valence-electron chi connectivity index (χ2n) is 9.89. The topological polar surface area (TPSA) is 99.3 Å². The number of carbonyl (C=O) groups is 4. The van der Waals surface area contributed by atoms with Crippen LogP contribution >= 0.6 is 0 Å². The Morgan fingerprint density at radius 1 is 0.972 bits per heavy atom. The van der Waals surface area contributed by atoms with E-state index in [1.807, 2.05) is 55.5 Å². The van der Waals surface area contributed by atoms with E-state index in [4.69, 9.17) is 4.74 Å². The smallest absolute Gasteiger partial charge is 0.253 e. The maximum absolute atomic E-state index is 14.2. The molecule has 4 aliphatic rings. The van der Waals surface area contributed by atoms with Gasteiger partial charge in [-0.2, -0.15) is 0 Å². The average Bonchev–Trinajstić information content (AvgIpc) is 3.44.